The third-order valence-electron chi connectivity index (χ3n) is 2.89. The third-order valence-corrected chi connectivity index (χ3v) is 2.89. The minimum absolute atomic E-state index is 0.159. The molecule has 3 amide bonds. The van der Waals surface area contributed by atoms with Crippen molar-refractivity contribution in [1.82, 2.24) is 15.5 Å². The molecule has 0 fully saturated rings. The summed E-state index contributed by atoms with van der Waals surface area (Å²) in [5.74, 6) is -1.42. The first-order chi connectivity index (χ1) is 9.18. The fraction of sp³-hybridized carbons (Fsp3) is 0.769. The van der Waals surface area contributed by atoms with Crippen molar-refractivity contribution < 1.29 is 19.5 Å². The second kappa shape index (κ2) is 8.39. The highest BCUT2D eigenvalue weighted by molar-refractivity contribution is 5.83. The molecular weight excluding hydrogens is 262 g/mol. The molecule has 0 spiro atoms. The normalized spacial score (nSPS) is 13.5. The van der Waals surface area contributed by atoms with Gasteiger partial charge in [0.1, 0.15) is 6.04 Å². The maximum absolute atomic E-state index is 11.9. The lowest BCUT2D eigenvalue weighted by Crippen LogP contribution is -2.49. The average Bonchev–Trinajstić information content (AvgIpc) is 2.35. The van der Waals surface area contributed by atoms with Gasteiger partial charge < -0.3 is 20.6 Å². The molecule has 1 unspecified atom stereocenters. The Balaban J connectivity index is 4.49. The zero-order valence-electron chi connectivity index (χ0n) is 12.8. The van der Waals surface area contributed by atoms with Crippen molar-refractivity contribution in [2.45, 2.75) is 33.2 Å². The molecule has 0 aromatic heterocycles. The Morgan fingerprint density at radius 3 is 2.15 bits per heavy atom. The number of carboxylic acids is 1. The minimum atomic E-state index is -1.06. The van der Waals surface area contributed by atoms with Gasteiger partial charge in [0, 0.05) is 20.6 Å². The van der Waals surface area contributed by atoms with E-state index in [0.717, 1.165) is 0 Å². The zero-order valence-corrected chi connectivity index (χ0v) is 12.8. The van der Waals surface area contributed by atoms with Gasteiger partial charge in [-0.15, -0.1) is 0 Å². The van der Waals surface area contributed by atoms with E-state index < -0.39 is 18.0 Å². The van der Waals surface area contributed by atoms with Crippen LogP contribution < -0.4 is 10.6 Å². The van der Waals surface area contributed by atoms with Crippen LogP contribution >= 0.6 is 0 Å². The standard InChI is InChI=1S/C13H25N3O4/c1-8(2)6-10(12(18)19)15-13(20)16(5)7-9(3)11(17)14-4/h8-10H,6-7H2,1-5H3,(H,14,17)(H,15,20)(H,18,19)/t9?,10-/m1/s1. The number of rotatable bonds is 7. The van der Waals surface area contributed by atoms with Gasteiger partial charge >= 0.3 is 12.0 Å². The van der Waals surface area contributed by atoms with Gasteiger partial charge in [0.2, 0.25) is 5.91 Å². The Bertz CT molecular complexity index is 358. The number of hydrogen-bond acceptors (Lipinski definition) is 3. The van der Waals surface area contributed by atoms with E-state index in [1.165, 1.54) is 19.0 Å². The van der Waals surface area contributed by atoms with Crippen LogP contribution in [-0.2, 0) is 9.59 Å². The molecule has 2 atom stereocenters. The van der Waals surface area contributed by atoms with Gasteiger partial charge in [0.15, 0.2) is 0 Å². The van der Waals surface area contributed by atoms with Crippen LogP contribution in [0.4, 0.5) is 4.79 Å². The first kappa shape index (κ1) is 18.2. The summed E-state index contributed by atoms with van der Waals surface area (Å²) >= 11 is 0. The number of amides is 3. The fourth-order valence-electron chi connectivity index (χ4n) is 1.78. The summed E-state index contributed by atoms with van der Waals surface area (Å²) < 4.78 is 0. The van der Waals surface area contributed by atoms with E-state index in [1.807, 2.05) is 13.8 Å². The monoisotopic (exact) mass is 287 g/mol. The lowest BCUT2D eigenvalue weighted by Gasteiger charge is -2.24. The lowest BCUT2D eigenvalue weighted by molar-refractivity contribution is -0.139. The van der Waals surface area contributed by atoms with E-state index >= 15 is 0 Å². The van der Waals surface area contributed by atoms with E-state index in [-0.39, 0.29) is 24.3 Å². The summed E-state index contributed by atoms with van der Waals surface area (Å²) in [6.07, 6.45) is 0.361. The van der Waals surface area contributed by atoms with Crippen molar-refractivity contribution in [1.29, 1.82) is 0 Å². The Hall–Kier alpha value is -1.79. The van der Waals surface area contributed by atoms with Crippen LogP contribution in [0.1, 0.15) is 27.2 Å². The highest BCUT2D eigenvalue weighted by atomic mass is 16.4. The van der Waals surface area contributed by atoms with Gasteiger partial charge in [-0.2, -0.15) is 0 Å². The maximum Gasteiger partial charge on any atom is 0.326 e. The summed E-state index contributed by atoms with van der Waals surface area (Å²) in [5, 5.41) is 14.0. The van der Waals surface area contributed by atoms with Crippen molar-refractivity contribution in [2.24, 2.45) is 11.8 Å². The number of carbonyl (C=O) groups is 3. The van der Waals surface area contributed by atoms with Gasteiger partial charge in [0.25, 0.3) is 0 Å². The van der Waals surface area contributed by atoms with Crippen LogP contribution in [0, 0.1) is 11.8 Å². The molecule has 20 heavy (non-hydrogen) atoms. The molecule has 0 saturated heterocycles. The van der Waals surface area contributed by atoms with Gasteiger partial charge in [-0.3, -0.25) is 4.79 Å². The highest BCUT2D eigenvalue weighted by Gasteiger charge is 2.24. The predicted octanol–water partition coefficient (Wildman–Crippen LogP) is 0.509. The topological polar surface area (TPSA) is 98.7 Å². The molecule has 0 aliphatic carbocycles. The van der Waals surface area contributed by atoms with Crippen LogP contribution in [0.2, 0.25) is 0 Å². The van der Waals surface area contributed by atoms with Crippen LogP contribution in [0.3, 0.4) is 0 Å². The number of hydrogen-bond donors (Lipinski definition) is 3. The summed E-state index contributed by atoms with van der Waals surface area (Å²) in [5.41, 5.74) is 0. The summed E-state index contributed by atoms with van der Waals surface area (Å²) in [6.45, 7) is 5.70. The Kier molecular flexibility index (Phi) is 7.64. The van der Waals surface area contributed by atoms with Gasteiger partial charge in [-0.1, -0.05) is 20.8 Å². The molecule has 0 rings (SSSR count). The van der Waals surface area contributed by atoms with E-state index in [1.54, 1.807) is 6.92 Å². The molecule has 0 heterocycles. The number of nitrogens with one attached hydrogen (secondary N) is 2. The number of urea groups is 1. The van der Waals surface area contributed by atoms with E-state index in [0.29, 0.717) is 6.42 Å². The predicted molar refractivity (Wildman–Crippen MR) is 75.3 cm³/mol. The zero-order chi connectivity index (χ0) is 15.9. The molecule has 0 aromatic rings. The summed E-state index contributed by atoms with van der Waals surface area (Å²) in [4.78, 5) is 35.7. The second-order valence-electron chi connectivity index (χ2n) is 5.37. The molecule has 0 aliphatic rings. The van der Waals surface area contributed by atoms with Crippen LogP contribution in [-0.4, -0.2) is 54.6 Å². The largest absolute Gasteiger partial charge is 0.480 e. The SMILES string of the molecule is CNC(=O)C(C)CN(C)C(=O)N[C@H](CC(C)C)C(=O)O. The Morgan fingerprint density at radius 1 is 1.20 bits per heavy atom. The molecule has 3 N–H and O–H groups in total. The molecule has 0 aliphatic heterocycles. The van der Waals surface area contributed by atoms with Crippen molar-refractivity contribution in [3.8, 4) is 0 Å². The van der Waals surface area contributed by atoms with Crippen molar-refractivity contribution in [3.63, 3.8) is 0 Å². The third kappa shape index (κ3) is 6.40. The summed E-state index contributed by atoms with van der Waals surface area (Å²) in [7, 11) is 3.06. The molecule has 0 saturated carbocycles. The highest BCUT2D eigenvalue weighted by Crippen LogP contribution is 2.06. The molecule has 116 valence electrons. The Morgan fingerprint density at radius 2 is 1.75 bits per heavy atom. The van der Waals surface area contributed by atoms with Gasteiger partial charge in [0.05, 0.1) is 5.92 Å². The number of aliphatic carboxylic acids is 1. The molecule has 0 aromatic carbocycles. The average molecular weight is 287 g/mol. The van der Waals surface area contributed by atoms with Crippen molar-refractivity contribution in [2.75, 3.05) is 20.6 Å². The maximum atomic E-state index is 11.9. The van der Waals surface area contributed by atoms with Gasteiger partial charge in [-0.25, -0.2) is 9.59 Å². The van der Waals surface area contributed by atoms with Crippen LogP contribution in [0.5, 0.6) is 0 Å². The van der Waals surface area contributed by atoms with Crippen LogP contribution in [0.15, 0.2) is 0 Å². The van der Waals surface area contributed by atoms with Crippen molar-refractivity contribution >= 4 is 17.9 Å². The van der Waals surface area contributed by atoms with Crippen LogP contribution in [0.25, 0.3) is 0 Å². The summed E-state index contributed by atoms with van der Waals surface area (Å²) in [6, 6.07) is -1.41. The first-order valence-corrected chi connectivity index (χ1v) is 6.65. The molecular formula is C13H25N3O4. The molecule has 7 nitrogen and oxygen atoms in total. The number of nitrogens with zero attached hydrogens (tertiary/aromatic N) is 1. The molecule has 0 bridgehead atoms. The Labute approximate surface area is 119 Å². The lowest BCUT2D eigenvalue weighted by atomic mass is 10.0. The van der Waals surface area contributed by atoms with Gasteiger partial charge in [-0.05, 0) is 12.3 Å². The first-order valence-electron chi connectivity index (χ1n) is 6.65. The minimum Gasteiger partial charge on any atom is -0.480 e. The van der Waals surface area contributed by atoms with E-state index in [2.05, 4.69) is 10.6 Å². The fourth-order valence-corrected chi connectivity index (χ4v) is 1.78. The van der Waals surface area contributed by atoms with E-state index in [4.69, 9.17) is 5.11 Å². The molecule has 0 radical (unpaired) electrons. The quantitative estimate of drug-likeness (QED) is 0.635. The number of carbonyl (C=O) groups excluding carboxylic acids is 2. The second-order valence-corrected chi connectivity index (χ2v) is 5.37. The van der Waals surface area contributed by atoms with Crippen molar-refractivity contribution in [3.05, 3.63) is 0 Å². The molecule has 7 heteroatoms. The number of carboxylic acid groups (broad SMARTS) is 1. The van der Waals surface area contributed by atoms with E-state index in [9.17, 15) is 14.4 Å². The smallest absolute Gasteiger partial charge is 0.326 e.